The van der Waals surface area contributed by atoms with E-state index in [4.69, 9.17) is 21.1 Å². The number of hydrogen-bond acceptors (Lipinski definition) is 4. The number of allylic oxidation sites excluding steroid dienone is 1. The summed E-state index contributed by atoms with van der Waals surface area (Å²) in [4.78, 5) is 12.3. The fraction of sp³-hybridized carbons (Fsp3) is 0.118. The second-order valence-corrected chi connectivity index (χ2v) is 4.80. The first-order chi connectivity index (χ1) is 10.6. The number of methoxy groups -OCH3 is 2. The highest BCUT2D eigenvalue weighted by molar-refractivity contribution is 6.34. The molecule has 22 heavy (non-hydrogen) atoms. The molecular weight excluding hydrogens is 304 g/mol. The average molecular weight is 319 g/mol. The summed E-state index contributed by atoms with van der Waals surface area (Å²) in [5, 5.41) is 10.1. The van der Waals surface area contributed by atoms with E-state index in [0.717, 1.165) is 5.56 Å². The molecule has 0 bridgehead atoms. The van der Waals surface area contributed by atoms with Crippen LogP contribution in [-0.4, -0.2) is 25.1 Å². The first-order valence-electron chi connectivity index (χ1n) is 6.49. The van der Waals surface area contributed by atoms with E-state index in [1.54, 1.807) is 6.08 Å². The number of rotatable bonds is 5. The number of phenols is 1. The molecule has 2 aromatic carbocycles. The van der Waals surface area contributed by atoms with Gasteiger partial charge >= 0.3 is 0 Å². The first kappa shape index (κ1) is 15.9. The number of benzene rings is 2. The van der Waals surface area contributed by atoms with Gasteiger partial charge in [0.2, 0.25) is 0 Å². The minimum absolute atomic E-state index is 0.000445. The fourth-order valence-corrected chi connectivity index (χ4v) is 2.19. The molecule has 2 rings (SSSR count). The van der Waals surface area contributed by atoms with Crippen molar-refractivity contribution in [3.8, 4) is 17.2 Å². The van der Waals surface area contributed by atoms with Crippen LogP contribution in [-0.2, 0) is 0 Å². The van der Waals surface area contributed by atoms with Gasteiger partial charge in [0.05, 0.1) is 14.2 Å². The lowest BCUT2D eigenvalue weighted by atomic mass is 10.1. The van der Waals surface area contributed by atoms with Gasteiger partial charge < -0.3 is 14.6 Å². The molecule has 0 atom stereocenters. The van der Waals surface area contributed by atoms with Gasteiger partial charge in [0.15, 0.2) is 11.5 Å². The zero-order valence-corrected chi connectivity index (χ0v) is 12.9. The number of carbonyl (C=O) groups excluding carboxylic acids is 1. The quantitative estimate of drug-likeness (QED) is 0.669. The van der Waals surface area contributed by atoms with Crippen LogP contribution in [0.1, 0.15) is 15.9 Å². The Kier molecular flexibility index (Phi) is 5.07. The SMILES string of the molecule is COc1cc(OC)c(C(=O)C=Cc2ccccc2)c(O)c1Cl. The van der Waals surface area contributed by atoms with Gasteiger partial charge in [-0.2, -0.15) is 0 Å². The van der Waals surface area contributed by atoms with Crippen molar-refractivity contribution < 1.29 is 19.4 Å². The summed E-state index contributed by atoms with van der Waals surface area (Å²) in [6.07, 6.45) is 3.01. The van der Waals surface area contributed by atoms with Gasteiger partial charge in [-0.05, 0) is 11.6 Å². The van der Waals surface area contributed by atoms with Gasteiger partial charge in [-0.25, -0.2) is 0 Å². The standard InChI is InChI=1S/C17H15ClO4/c1-21-13-10-14(22-2)16(18)17(20)15(13)12(19)9-8-11-6-4-3-5-7-11/h3-10,20H,1-2H3. The Hall–Kier alpha value is -2.46. The molecule has 0 fully saturated rings. The largest absolute Gasteiger partial charge is 0.505 e. The number of carbonyl (C=O) groups is 1. The smallest absolute Gasteiger partial charge is 0.193 e. The average Bonchev–Trinajstić information content (AvgIpc) is 2.55. The summed E-state index contributed by atoms with van der Waals surface area (Å²) in [6, 6.07) is 10.8. The summed E-state index contributed by atoms with van der Waals surface area (Å²) in [7, 11) is 2.82. The van der Waals surface area contributed by atoms with Crippen LogP contribution < -0.4 is 9.47 Å². The van der Waals surface area contributed by atoms with E-state index < -0.39 is 5.78 Å². The van der Waals surface area contributed by atoms with Gasteiger partial charge in [-0.1, -0.05) is 48.0 Å². The minimum atomic E-state index is -0.414. The molecule has 1 N–H and O–H groups in total. The molecule has 0 aromatic heterocycles. The lowest BCUT2D eigenvalue weighted by molar-refractivity contribution is 0.104. The molecule has 0 heterocycles. The molecule has 0 unspecified atom stereocenters. The van der Waals surface area contributed by atoms with Crippen LogP contribution in [0.3, 0.4) is 0 Å². The molecular formula is C17H15ClO4. The molecule has 0 spiro atoms. The molecule has 5 heteroatoms. The Labute approximate surface area is 133 Å². The molecule has 0 aliphatic rings. The van der Waals surface area contributed by atoms with Gasteiger partial charge in [0, 0.05) is 6.07 Å². The van der Waals surface area contributed by atoms with Crippen LogP contribution in [0.5, 0.6) is 17.2 Å². The Bertz CT molecular complexity index is 708. The van der Waals surface area contributed by atoms with Crippen molar-refractivity contribution in [3.63, 3.8) is 0 Å². The van der Waals surface area contributed by atoms with Crippen molar-refractivity contribution in [2.24, 2.45) is 0 Å². The summed E-state index contributed by atoms with van der Waals surface area (Å²) >= 11 is 5.98. The number of aromatic hydroxyl groups is 1. The zero-order chi connectivity index (χ0) is 16.1. The number of ketones is 1. The highest BCUT2D eigenvalue weighted by Gasteiger charge is 2.21. The van der Waals surface area contributed by atoms with Crippen LogP contribution in [0.4, 0.5) is 0 Å². The lowest BCUT2D eigenvalue weighted by Crippen LogP contribution is -2.01. The van der Waals surface area contributed by atoms with Gasteiger partial charge in [0.1, 0.15) is 22.1 Å². The van der Waals surface area contributed by atoms with Crippen molar-refractivity contribution in [2.45, 2.75) is 0 Å². The normalized spacial score (nSPS) is 10.7. The highest BCUT2D eigenvalue weighted by Crippen LogP contribution is 2.42. The maximum atomic E-state index is 12.3. The van der Waals surface area contributed by atoms with E-state index in [0.29, 0.717) is 0 Å². The molecule has 0 aliphatic carbocycles. The molecule has 0 saturated heterocycles. The van der Waals surface area contributed by atoms with E-state index in [-0.39, 0.29) is 27.8 Å². The van der Waals surface area contributed by atoms with Gasteiger partial charge in [0.25, 0.3) is 0 Å². The van der Waals surface area contributed by atoms with Crippen molar-refractivity contribution in [3.05, 3.63) is 58.6 Å². The Morgan fingerprint density at radius 1 is 1.14 bits per heavy atom. The van der Waals surface area contributed by atoms with Crippen molar-refractivity contribution in [1.29, 1.82) is 0 Å². The summed E-state index contributed by atoms with van der Waals surface area (Å²) in [5.41, 5.74) is 0.870. The highest BCUT2D eigenvalue weighted by atomic mass is 35.5. The van der Waals surface area contributed by atoms with E-state index in [2.05, 4.69) is 0 Å². The monoisotopic (exact) mass is 318 g/mol. The molecule has 2 aromatic rings. The third-order valence-electron chi connectivity index (χ3n) is 3.08. The summed E-state index contributed by atoms with van der Waals surface area (Å²) in [5.74, 6) is -0.343. The van der Waals surface area contributed by atoms with E-state index in [9.17, 15) is 9.90 Å². The Morgan fingerprint density at radius 3 is 2.36 bits per heavy atom. The molecule has 4 nitrogen and oxygen atoms in total. The first-order valence-corrected chi connectivity index (χ1v) is 6.87. The topological polar surface area (TPSA) is 55.8 Å². The molecule has 0 radical (unpaired) electrons. The van der Waals surface area contributed by atoms with E-state index in [1.165, 1.54) is 26.4 Å². The zero-order valence-electron chi connectivity index (χ0n) is 12.2. The number of hydrogen-bond donors (Lipinski definition) is 1. The lowest BCUT2D eigenvalue weighted by Gasteiger charge is -2.12. The van der Waals surface area contributed by atoms with Gasteiger partial charge in [-0.3, -0.25) is 4.79 Å². The summed E-state index contributed by atoms with van der Waals surface area (Å²) in [6.45, 7) is 0. The fourth-order valence-electron chi connectivity index (χ4n) is 1.96. The molecule has 0 saturated carbocycles. The Balaban J connectivity index is 2.41. The predicted octanol–water partition coefficient (Wildman–Crippen LogP) is 3.96. The van der Waals surface area contributed by atoms with Crippen LogP contribution in [0.25, 0.3) is 6.08 Å². The van der Waals surface area contributed by atoms with Crippen molar-refractivity contribution >= 4 is 23.5 Å². The third-order valence-corrected chi connectivity index (χ3v) is 3.45. The third kappa shape index (κ3) is 3.23. The van der Waals surface area contributed by atoms with Crippen LogP contribution in [0, 0.1) is 0 Å². The second kappa shape index (κ2) is 7.00. The maximum absolute atomic E-state index is 12.3. The number of ether oxygens (including phenoxy) is 2. The van der Waals surface area contributed by atoms with E-state index >= 15 is 0 Å². The molecule has 114 valence electrons. The van der Waals surface area contributed by atoms with Crippen molar-refractivity contribution in [2.75, 3.05) is 14.2 Å². The van der Waals surface area contributed by atoms with Crippen molar-refractivity contribution in [1.82, 2.24) is 0 Å². The molecule has 0 aliphatic heterocycles. The predicted molar refractivity (Wildman–Crippen MR) is 86.0 cm³/mol. The van der Waals surface area contributed by atoms with Crippen LogP contribution >= 0.6 is 11.6 Å². The number of phenolic OH excluding ortho intramolecular Hbond substituents is 1. The molecule has 0 amide bonds. The number of halogens is 1. The maximum Gasteiger partial charge on any atom is 0.193 e. The minimum Gasteiger partial charge on any atom is -0.505 e. The Morgan fingerprint density at radius 2 is 1.77 bits per heavy atom. The summed E-state index contributed by atoms with van der Waals surface area (Å²) < 4.78 is 10.2. The van der Waals surface area contributed by atoms with Crippen LogP contribution in [0.15, 0.2) is 42.5 Å². The van der Waals surface area contributed by atoms with E-state index in [1.807, 2.05) is 30.3 Å². The van der Waals surface area contributed by atoms with Gasteiger partial charge in [-0.15, -0.1) is 0 Å². The second-order valence-electron chi connectivity index (χ2n) is 4.43. The van der Waals surface area contributed by atoms with Crippen LogP contribution in [0.2, 0.25) is 5.02 Å².